The van der Waals surface area contributed by atoms with Crippen LogP contribution in [0.15, 0.2) is 24.3 Å². The van der Waals surface area contributed by atoms with Gasteiger partial charge in [0.2, 0.25) is 11.8 Å². The minimum absolute atomic E-state index is 0.00826. The third-order valence-corrected chi connectivity index (χ3v) is 3.21. The van der Waals surface area contributed by atoms with E-state index in [0.29, 0.717) is 5.92 Å². The van der Waals surface area contributed by atoms with Crippen molar-refractivity contribution in [1.29, 1.82) is 0 Å². The fourth-order valence-electron chi connectivity index (χ4n) is 1.84. The highest BCUT2D eigenvalue weighted by Crippen LogP contribution is 2.28. The maximum absolute atomic E-state index is 11.7. The fourth-order valence-corrected chi connectivity index (χ4v) is 1.84. The van der Waals surface area contributed by atoms with E-state index >= 15 is 0 Å². The lowest BCUT2D eigenvalue weighted by Gasteiger charge is -2.10. The molecule has 1 saturated carbocycles. The van der Waals surface area contributed by atoms with Crippen LogP contribution in [0.3, 0.4) is 0 Å². The first-order chi connectivity index (χ1) is 9.06. The van der Waals surface area contributed by atoms with Crippen molar-refractivity contribution in [2.45, 2.75) is 32.6 Å². The van der Waals surface area contributed by atoms with E-state index < -0.39 is 0 Å². The number of hydrogen-bond acceptors (Lipinski definition) is 2. The molecule has 2 rings (SSSR count). The van der Waals surface area contributed by atoms with Crippen LogP contribution in [0.5, 0.6) is 0 Å². The lowest BCUT2D eigenvalue weighted by Crippen LogP contribution is -2.33. The van der Waals surface area contributed by atoms with E-state index in [1.54, 1.807) is 0 Å². The zero-order valence-electron chi connectivity index (χ0n) is 11.4. The van der Waals surface area contributed by atoms with E-state index in [1.165, 1.54) is 5.56 Å². The van der Waals surface area contributed by atoms with Crippen LogP contribution >= 0.6 is 0 Å². The highest BCUT2D eigenvalue weighted by Gasteiger charge is 2.29. The largest absolute Gasteiger partial charge is 0.347 e. The molecule has 1 aliphatic rings. The number of hydrogen-bond donors (Lipinski definition) is 2. The van der Waals surface area contributed by atoms with Gasteiger partial charge in [-0.15, -0.1) is 0 Å². The van der Waals surface area contributed by atoms with Crippen molar-refractivity contribution in [2.24, 2.45) is 5.92 Å². The normalized spacial score (nSPS) is 14.3. The number of amides is 2. The molecule has 4 nitrogen and oxygen atoms in total. The van der Waals surface area contributed by atoms with Gasteiger partial charge in [0.05, 0.1) is 6.54 Å². The third kappa shape index (κ3) is 4.09. The molecule has 0 atom stereocenters. The predicted molar refractivity (Wildman–Crippen MR) is 74.9 cm³/mol. The number of nitrogens with one attached hydrogen (secondary N) is 2. The van der Waals surface area contributed by atoms with Crippen LogP contribution in [-0.2, 0) is 9.59 Å². The molecular formula is C15H20N2O2. The second kappa shape index (κ2) is 5.87. The summed E-state index contributed by atoms with van der Waals surface area (Å²) in [5.74, 6) is 0.365. The fraction of sp³-hybridized carbons (Fsp3) is 0.467. The number of benzene rings is 1. The first-order valence-corrected chi connectivity index (χ1v) is 6.74. The smallest absolute Gasteiger partial charge is 0.243 e. The van der Waals surface area contributed by atoms with Crippen LogP contribution in [0.2, 0.25) is 0 Å². The molecule has 0 saturated heterocycles. The summed E-state index contributed by atoms with van der Waals surface area (Å²) >= 11 is 0. The van der Waals surface area contributed by atoms with Crippen LogP contribution in [0.25, 0.3) is 0 Å². The van der Waals surface area contributed by atoms with Crippen molar-refractivity contribution in [1.82, 2.24) is 5.32 Å². The Labute approximate surface area is 113 Å². The monoisotopic (exact) mass is 260 g/mol. The summed E-state index contributed by atoms with van der Waals surface area (Å²) in [6.07, 6.45) is 1.90. The van der Waals surface area contributed by atoms with E-state index in [0.717, 1.165) is 18.5 Å². The maximum atomic E-state index is 11.7. The molecule has 0 aromatic heterocycles. The molecular weight excluding hydrogens is 240 g/mol. The summed E-state index contributed by atoms with van der Waals surface area (Å²) in [6.45, 7) is 4.26. The summed E-state index contributed by atoms with van der Waals surface area (Å²) in [6, 6.07) is 7.78. The van der Waals surface area contributed by atoms with Crippen LogP contribution < -0.4 is 10.6 Å². The molecule has 2 amide bonds. The Morgan fingerprint density at radius 1 is 1.32 bits per heavy atom. The van der Waals surface area contributed by atoms with Gasteiger partial charge in [-0.2, -0.15) is 0 Å². The van der Waals surface area contributed by atoms with Gasteiger partial charge in [-0.3, -0.25) is 9.59 Å². The van der Waals surface area contributed by atoms with E-state index in [-0.39, 0.29) is 24.3 Å². The van der Waals surface area contributed by atoms with E-state index in [2.05, 4.69) is 24.5 Å². The molecule has 19 heavy (non-hydrogen) atoms. The second-order valence-electron chi connectivity index (χ2n) is 5.32. The summed E-state index contributed by atoms with van der Waals surface area (Å²) in [4.78, 5) is 23.1. The van der Waals surface area contributed by atoms with Crippen LogP contribution in [-0.4, -0.2) is 18.4 Å². The van der Waals surface area contributed by atoms with Gasteiger partial charge in [0.25, 0.3) is 0 Å². The lowest BCUT2D eigenvalue weighted by atomic mass is 10.0. The molecule has 0 radical (unpaired) electrons. The van der Waals surface area contributed by atoms with Crippen molar-refractivity contribution < 1.29 is 9.59 Å². The predicted octanol–water partition coefficient (Wildman–Crippen LogP) is 2.27. The molecule has 0 aliphatic heterocycles. The summed E-state index contributed by atoms with van der Waals surface area (Å²) < 4.78 is 0. The van der Waals surface area contributed by atoms with Gasteiger partial charge in [0.1, 0.15) is 0 Å². The number of anilines is 1. The average molecular weight is 260 g/mol. The Morgan fingerprint density at radius 3 is 2.68 bits per heavy atom. The van der Waals surface area contributed by atoms with Gasteiger partial charge in [0, 0.05) is 11.6 Å². The Hall–Kier alpha value is -1.84. The van der Waals surface area contributed by atoms with E-state index in [1.807, 2.05) is 24.3 Å². The number of carbonyl (C=O) groups is 2. The average Bonchev–Trinajstić information content (AvgIpc) is 3.20. The summed E-state index contributed by atoms with van der Waals surface area (Å²) in [5.41, 5.74) is 1.96. The van der Waals surface area contributed by atoms with Crippen LogP contribution in [0, 0.1) is 5.92 Å². The minimum Gasteiger partial charge on any atom is -0.347 e. The highest BCUT2D eigenvalue weighted by atomic mass is 16.2. The first-order valence-electron chi connectivity index (χ1n) is 6.74. The molecule has 0 heterocycles. The second-order valence-corrected chi connectivity index (χ2v) is 5.32. The topological polar surface area (TPSA) is 58.2 Å². The molecule has 1 fully saturated rings. The van der Waals surface area contributed by atoms with Crippen molar-refractivity contribution >= 4 is 17.5 Å². The van der Waals surface area contributed by atoms with Crippen molar-refractivity contribution in [2.75, 3.05) is 11.9 Å². The van der Waals surface area contributed by atoms with Gasteiger partial charge in [-0.25, -0.2) is 0 Å². The molecule has 0 bridgehead atoms. The number of rotatable bonds is 5. The molecule has 4 heteroatoms. The highest BCUT2D eigenvalue weighted by molar-refractivity contribution is 5.95. The lowest BCUT2D eigenvalue weighted by molar-refractivity contribution is -0.125. The Bertz CT molecular complexity index is 479. The molecule has 102 valence electrons. The minimum atomic E-state index is -0.185. The Kier molecular flexibility index (Phi) is 4.20. The van der Waals surface area contributed by atoms with Crippen molar-refractivity contribution in [3.05, 3.63) is 29.8 Å². The zero-order chi connectivity index (χ0) is 13.8. The Balaban J connectivity index is 1.84. The van der Waals surface area contributed by atoms with Gasteiger partial charge < -0.3 is 10.6 Å². The van der Waals surface area contributed by atoms with E-state index in [4.69, 9.17) is 0 Å². The summed E-state index contributed by atoms with van der Waals surface area (Å²) in [5, 5.41) is 5.45. The molecule has 1 aromatic carbocycles. The molecule has 1 aliphatic carbocycles. The molecule has 2 N–H and O–H groups in total. The van der Waals surface area contributed by atoms with Gasteiger partial charge in [-0.1, -0.05) is 26.0 Å². The van der Waals surface area contributed by atoms with E-state index in [9.17, 15) is 9.59 Å². The quantitative estimate of drug-likeness (QED) is 0.853. The van der Waals surface area contributed by atoms with Gasteiger partial charge in [0.15, 0.2) is 0 Å². The zero-order valence-corrected chi connectivity index (χ0v) is 11.4. The number of carbonyl (C=O) groups excluding carboxylic acids is 2. The SMILES string of the molecule is CC(C)c1cccc(NC(=O)CNC(=O)C2CC2)c1. The first kappa shape index (κ1) is 13.6. The standard InChI is InChI=1S/C15H20N2O2/c1-10(2)12-4-3-5-13(8-12)17-14(18)9-16-15(19)11-6-7-11/h3-5,8,10-11H,6-7,9H2,1-2H3,(H,16,19)(H,17,18). The van der Waals surface area contributed by atoms with Crippen molar-refractivity contribution in [3.8, 4) is 0 Å². The van der Waals surface area contributed by atoms with Gasteiger partial charge >= 0.3 is 0 Å². The van der Waals surface area contributed by atoms with Crippen LogP contribution in [0.1, 0.15) is 38.2 Å². The van der Waals surface area contributed by atoms with Crippen molar-refractivity contribution in [3.63, 3.8) is 0 Å². The molecule has 0 spiro atoms. The Morgan fingerprint density at radius 2 is 2.05 bits per heavy atom. The maximum Gasteiger partial charge on any atom is 0.243 e. The third-order valence-electron chi connectivity index (χ3n) is 3.21. The van der Waals surface area contributed by atoms with Gasteiger partial charge in [-0.05, 0) is 36.5 Å². The summed E-state index contributed by atoms with van der Waals surface area (Å²) in [7, 11) is 0. The van der Waals surface area contributed by atoms with Crippen LogP contribution in [0.4, 0.5) is 5.69 Å². The molecule has 1 aromatic rings. The molecule has 0 unspecified atom stereocenters.